The summed E-state index contributed by atoms with van der Waals surface area (Å²) in [6, 6.07) is 9.49. The Morgan fingerprint density at radius 2 is 1.78 bits per heavy atom. The second-order valence-electron chi connectivity index (χ2n) is 24.8. The highest BCUT2D eigenvalue weighted by Crippen LogP contribution is 2.54. The number of benzene rings is 1. The molecule has 1 spiro atoms. The predicted octanol–water partition coefficient (Wildman–Crippen LogP) is 5.64. The molecule has 1 aromatic carbocycles. The molecule has 5 saturated heterocycles. The van der Waals surface area contributed by atoms with E-state index in [4.69, 9.17) is 28.9 Å². The molecule has 19 nitrogen and oxygen atoms in total. The summed E-state index contributed by atoms with van der Waals surface area (Å²) in [4.78, 5) is 74.0. The molecular formula is C59H76N12O7S. The minimum absolute atomic E-state index is 0.00370. The van der Waals surface area contributed by atoms with Gasteiger partial charge in [0, 0.05) is 148 Å². The molecule has 79 heavy (non-hydrogen) atoms. The van der Waals surface area contributed by atoms with E-state index in [2.05, 4.69) is 102 Å². The lowest BCUT2D eigenvalue weighted by Gasteiger charge is -2.58. The van der Waals surface area contributed by atoms with E-state index < -0.39 is 29.5 Å². The van der Waals surface area contributed by atoms with Crippen LogP contribution in [0.3, 0.4) is 0 Å². The van der Waals surface area contributed by atoms with E-state index in [1.807, 2.05) is 12.3 Å². The number of cyclic esters (lactones) is 1. The van der Waals surface area contributed by atoms with Crippen LogP contribution in [0.1, 0.15) is 99.4 Å². The number of amides is 2. The lowest BCUT2D eigenvalue weighted by atomic mass is 9.76. The molecule has 5 aromatic rings. The van der Waals surface area contributed by atoms with Crippen LogP contribution in [0.25, 0.3) is 33.4 Å². The van der Waals surface area contributed by atoms with E-state index >= 15 is 4.79 Å². The molecule has 7 atom stereocenters. The summed E-state index contributed by atoms with van der Waals surface area (Å²) >= 11 is 1.53. The van der Waals surface area contributed by atoms with Gasteiger partial charge in [0.2, 0.25) is 5.91 Å². The predicted molar refractivity (Wildman–Crippen MR) is 299 cm³/mol. The van der Waals surface area contributed by atoms with Crippen LogP contribution < -0.4 is 15.6 Å². The first-order valence-corrected chi connectivity index (χ1v) is 29.7. The highest BCUT2D eigenvalue weighted by molar-refractivity contribution is 7.10. The number of likely N-dealkylation sites (tertiary alicyclic amines) is 2. The molecule has 13 rings (SSSR count). The molecule has 2 amide bonds. The second-order valence-corrected chi connectivity index (χ2v) is 25.7. The number of pyridine rings is 1. The molecular weight excluding hydrogens is 1020 g/mol. The van der Waals surface area contributed by atoms with E-state index in [1.54, 1.807) is 25.4 Å². The Labute approximate surface area is 466 Å². The lowest BCUT2D eigenvalue weighted by Crippen LogP contribution is -2.70. The van der Waals surface area contributed by atoms with Crippen molar-refractivity contribution in [1.82, 2.24) is 55.0 Å². The van der Waals surface area contributed by atoms with E-state index in [0.29, 0.717) is 64.8 Å². The first-order valence-electron chi connectivity index (χ1n) is 28.8. The number of carbonyl (C=O) groups is 3. The topological polar surface area (TPSA) is 185 Å². The van der Waals surface area contributed by atoms with Crippen LogP contribution >= 0.6 is 11.3 Å². The average molecular weight is 1100 g/mol. The smallest absolute Gasteiger partial charge is 0.324 e. The second kappa shape index (κ2) is 21.1. The monoisotopic (exact) mass is 1100 g/mol. The van der Waals surface area contributed by atoms with E-state index in [1.165, 1.54) is 36.1 Å². The Morgan fingerprint density at radius 3 is 2.51 bits per heavy atom. The number of piperazine rings is 1. The van der Waals surface area contributed by atoms with Crippen LogP contribution in [-0.4, -0.2) is 186 Å². The van der Waals surface area contributed by atoms with Gasteiger partial charge in [0.1, 0.15) is 23.4 Å². The molecule has 420 valence electrons. The molecule has 2 aliphatic carbocycles. The zero-order chi connectivity index (χ0) is 54.3. The third-order valence-corrected chi connectivity index (χ3v) is 19.5. The standard InChI is InChI=1S/C59H76N12O7S/c1-35-48(44-13-14-60-34-62-44)49(35)54(72)64-51-53(69-29-59(30-69)32-77-33-59)55-63-46(28-79-55)37-9-12-47-41(22-37)43(24-58(3,4)31-78-57(74)45-8-7-15-70(65-45)56(51)73)52(71(47)40-26-68(27-40)38-10-11-38)42-23-39(25-61-50(42)36(2)76-6)67-18-16-66(17-19-67)20-21-75-5/h9,12-14,22-23,25,28,34-36,38,40,45,48-49,51,53,65H,7-8,10-11,15-21,24,26-27,29-33H2,1-6H3,(H,64,72)/t35-,36-,45-,48-,49+,51-,53-/m0/s1. The van der Waals surface area contributed by atoms with Gasteiger partial charge >= 0.3 is 5.97 Å². The number of hydrazine groups is 1. The summed E-state index contributed by atoms with van der Waals surface area (Å²) in [7, 11) is 3.52. The van der Waals surface area contributed by atoms with E-state index in [0.717, 1.165) is 101 Å². The molecule has 7 fully saturated rings. The van der Waals surface area contributed by atoms with E-state index in [9.17, 15) is 9.59 Å². The molecule has 10 heterocycles. The van der Waals surface area contributed by atoms with Crippen LogP contribution in [-0.2, 0) is 39.8 Å². The van der Waals surface area contributed by atoms with Crippen molar-refractivity contribution in [3.8, 4) is 22.5 Å². The number of nitrogens with one attached hydrogen (secondary N) is 2. The zero-order valence-electron chi connectivity index (χ0n) is 46.6. The van der Waals surface area contributed by atoms with Gasteiger partial charge in [-0.2, -0.15) is 0 Å². The molecule has 0 unspecified atom stereocenters. The Hall–Kier alpha value is -5.45. The summed E-state index contributed by atoms with van der Waals surface area (Å²) in [6.45, 7) is 18.9. The molecule has 6 bridgehead atoms. The SMILES string of the molecule is COCCN1CCN(c2cnc([C@H](C)OC)c(-c3c4c5cc(ccc5n3C3CN(C5CC5)C3)-c3csc(n3)[C@@H](N3CC5(COC5)C3)[C@H](NC(=O)[C@@H]3[C@@H](C)[C@H]3c3ccncn3)C(=O)N3CCC[C@H](N3)C(=O)OCC(C)(C)C4)c2)CC1. The number of thiazole rings is 1. The van der Waals surface area contributed by atoms with Crippen molar-refractivity contribution < 1.29 is 33.3 Å². The maximum absolute atomic E-state index is 15.4. The molecule has 8 aliphatic rings. The minimum atomic E-state index is -1.03. The highest BCUT2D eigenvalue weighted by atomic mass is 32.1. The number of hydrogen-bond donors (Lipinski definition) is 2. The van der Waals surface area contributed by atoms with Gasteiger partial charge in [0.15, 0.2) is 0 Å². The number of carbonyl (C=O) groups excluding carboxylic acids is 3. The number of anilines is 1. The normalized spacial score (nSPS) is 27.9. The van der Waals surface area contributed by atoms with Gasteiger partial charge in [-0.15, -0.1) is 11.3 Å². The van der Waals surface area contributed by atoms with Crippen LogP contribution in [0.5, 0.6) is 0 Å². The summed E-state index contributed by atoms with van der Waals surface area (Å²) in [5.74, 6) is -1.38. The van der Waals surface area contributed by atoms with Crippen molar-refractivity contribution in [2.45, 2.75) is 102 Å². The molecule has 4 aromatic heterocycles. The fourth-order valence-electron chi connectivity index (χ4n) is 13.7. The lowest BCUT2D eigenvalue weighted by molar-refractivity contribution is -0.202. The summed E-state index contributed by atoms with van der Waals surface area (Å²) < 4.78 is 26.4. The minimum Gasteiger partial charge on any atom is -0.464 e. The van der Waals surface area contributed by atoms with Crippen molar-refractivity contribution >= 4 is 45.7 Å². The molecule has 2 saturated carbocycles. The van der Waals surface area contributed by atoms with Crippen molar-refractivity contribution in [1.29, 1.82) is 0 Å². The van der Waals surface area contributed by atoms with Crippen LogP contribution in [0.2, 0.25) is 0 Å². The maximum Gasteiger partial charge on any atom is 0.324 e. The summed E-state index contributed by atoms with van der Waals surface area (Å²) in [5, 5.41) is 8.86. The Kier molecular flexibility index (Phi) is 14.2. The number of nitrogens with zero attached hydrogens (tertiary/aromatic N) is 10. The fraction of sp³-hybridized carbons (Fsp3) is 0.610. The number of fused-ring (bicyclic) bond motifs is 6. The van der Waals surface area contributed by atoms with Gasteiger partial charge in [-0.1, -0.05) is 26.8 Å². The van der Waals surface area contributed by atoms with E-state index in [-0.39, 0.29) is 53.7 Å². The Balaban J connectivity index is 0.945. The number of esters is 1. The molecule has 0 radical (unpaired) electrons. The highest BCUT2D eigenvalue weighted by Gasteiger charge is 2.57. The molecule has 6 aliphatic heterocycles. The largest absolute Gasteiger partial charge is 0.464 e. The third-order valence-electron chi connectivity index (χ3n) is 18.5. The number of methoxy groups -OCH3 is 2. The van der Waals surface area contributed by atoms with Crippen molar-refractivity contribution in [2.75, 3.05) is 111 Å². The first kappa shape index (κ1) is 52.9. The van der Waals surface area contributed by atoms with Crippen LogP contribution in [0.4, 0.5) is 5.69 Å². The zero-order valence-corrected chi connectivity index (χ0v) is 47.4. The Bertz CT molecular complexity index is 3090. The Morgan fingerprint density at radius 1 is 0.975 bits per heavy atom. The summed E-state index contributed by atoms with van der Waals surface area (Å²) in [5.41, 5.74) is 11.8. The number of aromatic nitrogens is 5. The third kappa shape index (κ3) is 10.1. The van der Waals surface area contributed by atoms with Crippen LogP contribution in [0, 0.1) is 22.7 Å². The van der Waals surface area contributed by atoms with Crippen molar-refractivity contribution in [2.24, 2.45) is 22.7 Å². The molecule has 2 N–H and O–H groups in total. The van der Waals surface area contributed by atoms with Crippen LogP contribution in [0.15, 0.2) is 54.4 Å². The van der Waals surface area contributed by atoms with Gasteiger partial charge in [-0.05, 0) is 74.8 Å². The number of hydrogen-bond acceptors (Lipinski definition) is 17. The average Bonchev–Trinajstić information content (AvgIpc) is 4.45. The number of ether oxygens (including phenoxy) is 4. The van der Waals surface area contributed by atoms with Gasteiger partial charge in [0.25, 0.3) is 5.91 Å². The summed E-state index contributed by atoms with van der Waals surface area (Å²) in [6.07, 6.45) is 9.12. The number of rotatable bonds is 13. The van der Waals surface area contributed by atoms with Gasteiger partial charge in [-0.3, -0.25) is 39.1 Å². The first-order chi connectivity index (χ1) is 38.3. The van der Waals surface area contributed by atoms with Gasteiger partial charge in [-0.25, -0.2) is 20.4 Å². The van der Waals surface area contributed by atoms with Gasteiger partial charge < -0.3 is 33.7 Å². The molecule has 20 heteroatoms. The quantitative estimate of drug-likeness (QED) is 0.138. The fourth-order valence-corrected chi connectivity index (χ4v) is 14.7. The maximum atomic E-state index is 15.4. The van der Waals surface area contributed by atoms with Crippen molar-refractivity contribution in [3.05, 3.63) is 76.4 Å². The van der Waals surface area contributed by atoms with Crippen molar-refractivity contribution in [3.63, 3.8) is 0 Å². The van der Waals surface area contributed by atoms with Gasteiger partial charge in [0.05, 0.1) is 73.6 Å².